The lowest BCUT2D eigenvalue weighted by molar-refractivity contribution is -0.123. The maximum Gasteiger partial charge on any atom is 0.293 e. The van der Waals surface area contributed by atoms with E-state index in [-0.39, 0.29) is 69.1 Å². The van der Waals surface area contributed by atoms with Gasteiger partial charge in [-0.25, -0.2) is 31.0 Å². The predicted octanol–water partition coefficient (Wildman–Crippen LogP) is 5.87. The van der Waals surface area contributed by atoms with Gasteiger partial charge >= 0.3 is 0 Å². The molecule has 0 aliphatic heterocycles. The molecule has 3 heterocycles. The smallest absolute Gasteiger partial charge is 0.293 e. The zero-order chi connectivity index (χ0) is 42.1. The summed E-state index contributed by atoms with van der Waals surface area (Å²) in [4.78, 5) is 18.7. The summed E-state index contributed by atoms with van der Waals surface area (Å²) in [7, 11) is -2.34. The zero-order valence-corrected chi connectivity index (χ0v) is 32.4. The fraction of sp³-hybridized carbons (Fsp3) is 0.368. The number of nitrogens with one attached hydrogen (secondary N) is 2. The second-order valence-electron chi connectivity index (χ2n) is 14.6. The highest BCUT2D eigenvalue weighted by Crippen LogP contribution is 2.63. The van der Waals surface area contributed by atoms with Crippen molar-refractivity contribution >= 4 is 44.3 Å². The Morgan fingerprint density at radius 2 is 1.78 bits per heavy atom. The first-order valence-corrected chi connectivity index (χ1v) is 20.0. The number of hydrogen-bond acceptors (Lipinski definition) is 8. The summed E-state index contributed by atoms with van der Waals surface area (Å²) < 4.78 is 117. The van der Waals surface area contributed by atoms with Gasteiger partial charge in [-0.1, -0.05) is 23.6 Å². The van der Waals surface area contributed by atoms with Gasteiger partial charge in [-0.15, -0.1) is 0 Å². The Labute approximate surface area is 332 Å². The second-order valence-corrected chi connectivity index (χ2v) is 16.8. The number of aromatic nitrogens is 5. The zero-order valence-electron chi connectivity index (χ0n) is 30.8. The number of halogens is 7. The normalized spacial score (nSPS) is 18.5. The number of benzene rings is 2. The quantitative estimate of drug-likeness (QED) is 0.0948. The largest absolute Gasteiger partial charge is 0.392 e. The monoisotopic (exact) mass is 849 g/mol. The van der Waals surface area contributed by atoms with Crippen LogP contribution in [0.15, 0.2) is 42.5 Å². The molecule has 1 fully saturated rings. The van der Waals surface area contributed by atoms with Crippen molar-refractivity contribution in [1.82, 2.24) is 29.9 Å². The highest BCUT2D eigenvalue weighted by molar-refractivity contribution is 7.92. The molecule has 58 heavy (non-hydrogen) atoms. The molecule has 4 unspecified atom stereocenters. The summed E-state index contributed by atoms with van der Waals surface area (Å²) >= 11 is 6.57. The van der Waals surface area contributed by atoms with Crippen molar-refractivity contribution in [3.8, 4) is 23.0 Å². The molecule has 1 amide bonds. The van der Waals surface area contributed by atoms with Gasteiger partial charge in [0.15, 0.2) is 5.82 Å². The van der Waals surface area contributed by atoms with Crippen LogP contribution in [0.3, 0.4) is 0 Å². The number of nitrogens with zero attached hydrogens (tertiary/aromatic N) is 5. The number of fused-ring (bicyclic) bond motifs is 4. The van der Waals surface area contributed by atoms with E-state index in [1.54, 1.807) is 6.07 Å². The molecule has 2 aromatic carbocycles. The summed E-state index contributed by atoms with van der Waals surface area (Å²) in [5, 5.41) is 31.0. The molecule has 5 aromatic rings. The van der Waals surface area contributed by atoms with Gasteiger partial charge in [0.2, 0.25) is 15.9 Å². The molecule has 4 N–H and O–H groups in total. The molecule has 1 saturated carbocycles. The van der Waals surface area contributed by atoms with E-state index < -0.39 is 87.9 Å². The number of aliphatic hydroxyl groups excluding tert-OH is 1. The van der Waals surface area contributed by atoms with Crippen molar-refractivity contribution in [2.75, 3.05) is 17.6 Å². The summed E-state index contributed by atoms with van der Waals surface area (Å²) in [6.45, 7) is -0.446. The molecule has 2 aliphatic rings. The van der Waals surface area contributed by atoms with Crippen molar-refractivity contribution in [3.63, 3.8) is 0 Å². The lowest BCUT2D eigenvalue weighted by Crippen LogP contribution is -2.36. The third-order valence-electron chi connectivity index (χ3n) is 10.2. The Kier molecular flexibility index (Phi) is 10.5. The minimum absolute atomic E-state index is 0.0137. The van der Waals surface area contributed by atoms with Crippen LogP contribution in [0, 0.1) is 29.4 Å². The van der Waals surface area contributed by atoms with E-state index in [0.717, 1.165) is 18.4 Å². The number of pyridine rings is 1. The Balaban J connectivity index is 1.39. The third-order valence-corrected chi connectivity index (χ3v) is 11.1. The van der Waals surface area contributed by atoms with Gasteiger partial charge in [-0.05, 0) is 73.9 Å². The van der Waals surface area contributed by atoms with Crippen molar-refractivity contribution < 1.29 is 49.8 Å². The Morgan fingerprint density at radius 3 is 2.40 bits per heavy atom. The number of sulfonamides is 1. The number of hydrogen-bond donors (Lipinski definition) is 4. The maximum absolute atomic E-state index is 15.6. The number of aliphatic hydroxyl groups is 2. The molecule has 306 valence electrons. The van der Waals surface area contributed by atoms with Gasteiger partial charge in [0, 0.05) is 35.7 Å². The molecule has 0 saturated heterocycles. The van der Waals surface area contributed by atoms with E-state index in [4.69, 9.17) is 11.6 Å². The molecule has 20 heteroatoms. The van der Waals surface area contributed by atoms with E-state index >= 15 is 8.78 Å². The molecule has 3 aromatic heterocycles. The van der Waals surface area contributed by atoms with Crippen molar-refractivity contribution in [2.24, 2.45) is 13.0 Å². The van der Waals surface area contributed by atoms with E-state index in [1.807, 2.05) is 0 Å². The van der Waals surface area contributed by atoms with Gasteiger partial charge in [0.1, 0.15) is 40.9 Å². The van der Waals surface area contributed by atoms with E-state index in [0.29, 0.717) is 16.3 Å². The molecule has 0 spiro atoms. The summed E-state index contributed by atoms with van der Waals surface area (Å²) in [6, 6.07) is 7.21. The molecule has 4 atom stereocenters. The standard InChI is InChI=1S/C38H34ClF6N7O5S/c1-37(55,17-53)11-10-21-4-5-22(23-7-9-26(39)30-33(23)51(2)49-36(30)50-58(3,56)57)31(46-21)27(14-18-12-19(40)15-20(41)13-18)47-28(54)16-52-34-29(32(48-52)35(42)43)24-6-8-25(24)38(34,44)45/h4-5,7,9,12-13,15,24-25,27,35,53,55H,6,8,14,16-17H2,1-3H3,(H,47,54)(H,49,50). The molecule has 2 aliphatic carbocycles. The van der Waals surface area contributed by atoms with Crippen LogP contribution in [0.2, 0.25) is 5.02 Å². The molecular weight excluding hydrogens is 816 g/mol. The number of anilines is 1. The van der Waals surface area contributed by atoms with Crippen LogP contribution in [0.1, 0.15) is 72.1 Å². The first-order valence-electron chi connectivity index (χ1n) is 17.7. The molecule has 7 rings (SSSR count). The van der Waals surface area contributed by atoms with E-state index in [9.17, 15) is 41.0 Å². The predicted molar refractivity (Wildman–Crippen MR) is 199 cm³/mol. The number of rotatable bonds is 11. The summed E-state index contributed by atoms with van der Waals surface area (Å²) in [5.41, 5.74) is -2.96. The van der Waals surface area contributed by atoms with Gasteiger partial charge in [-0.2, -0.15) is 19.0 Å². The number of alkyl halides is 4. The summed E-state index contributed by atoms with van der Waals surface area (Å²) in [5.74, 6) is -3.48. The lowest BCUT2D eigenvalue weighted by atomic mass is 9.73. The van der Waals surface area contributed by atoms with Gasteiger partial charge < -0.3 is 15.5 Å². The number of amides is 1. The fourth-order valence-corrected chi connectivity index (χ4v) is 8.35. The molecule has 12 nitrogen and oxygen atoms in total. The highest BCUT2D eigenvalue weighted by atomic mass is 35.5. The second kappa shape index (κ2) is 14.9. The van der Waals surface area contributed by atoms with Crippen LogP contribution < -0.4 is 10.0 Å². The molecule has 0 radical (unpaired) electrons. The van der Waals surface area contributed by atoms with Crippen LogP contribution in [0.4, 0.5) is 32.2 Å². The Morgan fingerprint density at radius 1 is 1.09 bits per heavy atom. The minimum Gasteiger partial charge on any atom is -0.392 e. The highest BCUT2D eigenvalue weighted by Gasteiger charge is 2.62. The molecular formula is C38H34ClF6N7O5S. The maximum atomic E-state index is 15.6. The number of carbonyl (C=O) groups excluding carboxylic acids is 1. The van der Waals surface area contributed by atoms with Crippen LogP contribution in [0.5, 0.6) is 0 Å². The Bertz CT molecular complexity index is 2640. The summed E-state index contributed by atoms with van der Waals surface area (Å²) in [6.07, 6.45) is -2.29. The van der Waals surface area contributed by atoms with Crippen molar-refractivity contribution in [3.05, 3.63) is 93.0 Å². The Hall–Kier alpha value is -5.16. The van der Waals surface area contributed by atoms with Crippen molar-refractivity contribution in [1.29, 1.82) is 0 Å². The van der Waals surface area contributed by atoms with Crippen LogP contribution in [-0.4, -0.2) is 67.5 Å². The topological polar surface area (TPSA) is 164 Å². The van der Waals surface area contributed by atoms with Gasteiger partial charge in [0.25, 0.3) is 12.3 Å². The first-order chi connectivity index (χ1) is 27.2. The molecule has 0 bridgehead atoms. The minimum atomic E-state index is -3.85. The van der Waals surface area contributed by atoms with E-state index in [2.05, 4.69) is 37.1 Å². The van der Waals surface area contributed by atoms with Gasteiger partial charge in [0.05, 0.1) is 40.5 Å². The lowest BCUT2D eigenvalue weighted by Gasteiger charge is -2.34. The fourth-order valence-electron chi connectivity index (χ4n) is 7.62. The third kappa shape index (κ3) is 7.73. The number of aryl methyl sites for hydroxylation is 1. The van der Waals surface area contributed by atoms with Crippen molar-refractivity contribution in [2.45, 2.75) is 62.6 Å². The average Bonchev–Trinajstić information content (AvgIpc) is 3.67. The van der Waals surface area contributed by atoms with Crippen LogP contribution in [0.25, 0.3) is 22.0 Å². The SMILES string of the molecule is Cn1nc(NS(C)(=O)=O)c2c(Cl)ccc(-c3ccc(C#CC(C)(O)CO)nc3C(Cc3cc(F)cc(F)c3)NC(=O)Cn3nc(C(F)F)c4c3C(F)(F)C3CCC43)c21. The number of carbonyl (C=O) groups is 1. The average molecular weight is 850 g/mol. The van der Waals surface area contributed by atoms with Gasteiger partial charge in [-0.3, -0.25) is 18.9 Å². The first kappa shape index (κ1) is 41.0. The van der Waals surface area contributed by atoms with Crippen LogP contribution in [-0.2, 0) is 40.8 Å². The van der Waals surface area contributed by atoms with E-state index in [1.165, 1.54) is 36.9 Å². The van der Waals surface area contributed by atoms with Crippen LogP contribution >= 0.6 is 11.6 Å².